The van der Waals surface area contributed by atoms with Gasteiger partial charge < -0.3 is 4.90 Å². The van der Waals surface area contributed by atoms with Gasteiger partial charge in [0.25, 0.3) is 10.0 Å². The molecule has 0 radical (unpaired) electrons. The Morgan fingerprint density at radius 3 is 2.17 bits per heavy atom. The molecule has 0 unspecified atom stereocenters. The summed E-state index contributed by atoms with van der Waals surface area (Å²) in [6.45, 7) is 2.96. The molecule has 1 aliphatic heterocycles. The van der Waals surface area contributed by atoms with E-state index in [0.717, 1.165) is 24.8 Å². The van der Waals surface area contributed by atoms with Crippen molar-refractivity contribution in [1.29, 1.82) is 0 Å². The van der Waals surface area contributed by atoms with E-state index in [1.165, 1.54) is 6.07 Å². The average molecular weight is 410 g/mol. The van der Waals surface area contributed by atoms with Crippen LogP contribution in [0.3, 0.4) is 0 Å². The van der Waals surface area contributed by atoms with E-state index < -0.39 is 26.5 Å². The first kappa shape index (κ1) is 19.4. The van der Waals surface area contributed by atoms with Crippen LogP contribution in [0.15, 0.2) is 59.1 Å². The Morgan fingerprint density at radius 1 is 0.862 bits per heavy atom. The van der Waals surface area contributed by atoms with Gasteiger partial charge in [-0.1, -0.05) is 36.4 Å². The van der Waals surface area contributed by atoms with E-state index in [0.29, 0.717) is 18.8 Å². The quantitative estimate of drug-likeness (QED) is 0.834. The zero-order valence-corrected chi connectivity index (χ0v) is 17.0. The fraction of sp³-hybridized carbons (Fsp3) is 0.273. The number of fused-ring (bicyclic) bond motifs is 1. The van der Waals surface area contributed by atoms with Crippen LogP contribution in [0.4, 0.5) is 5.69 Å². The molecule has 150 valence electrons. The third-order valence-electron chi connectivity index (χ3n) is 5.26. The van der Waals surface area contributed by atoms with Crippen molar-refractivity contribution in [1.82, 2.24) is 4.90 Å². The van der Waals surface area contributed by atoms with Crippen LogP contribution in [0.1, 0.15) is 45.5 Å². The first-order valence-electron chi connectivity index (χ1n) is 9.65. The number of likely N-dealkylation sites (tertiary alicyclic amines) is 1. The third-order valence-corrected chi connectivity index (χ3v) is 6.68. The molecule has 2 aromatic carbocycles. The van der Waals surface area contributed by atoms with Crippen LogP contribution in [0.25, 0.3) is 0 Å². The number of ketones is 2. The number of rotatable bonds is 4. The molecule has 0 saturated carbocycles. The number of allylic oxidation sites excluding steroid dienone is 2. The van der Waals surface area contributed by atoms with Crippen LogP contribution < -0.4 is 4.72 Å². The minimum atomic E-state index is -4.26. The number of nitrogens with zero attached hydrogens (tertiary/aromatic N) is 1. The Hall–Kier alpha value is -2.93. The van der Waals surface area contributed by atoms with Gasteiger partial charge >= 0.3 is 0 Å². The van der Waals surface area contributed by atoms with Crippen molar-refractivity contribution >= 4 is 27.3 Å². The van der Waals surface area contributed by atoms with Crippen LogP contribution in [0.5, 0.6) is 0 Å². The normalized spacial score (nSPS) is 17.3. The zero-order valence-electron chi connectivity index (χ0n) is 16.1. The van der Waals surface area contributed by atoms with Gasteiger partial charge in [-0.05, 0) is 43.9 Å². The van der Waals surface area contributed by atoms with Gasteiger partial charge in [-0.25, -0.2) is 8.42 Å². The fourth-order valence-corrected chi connectivity index (χ4v) is 5.28. The van der Waals surface area contributed by atoms with Gasteiger partial charge in [0.15, 0.2) is 4.91 Å². The highest BCUT2D eigenvalue weighted by molar-refractivity contribution is 7.97. The molecule has 1 aliphatic carbocycles. The summed E-state index contributed by atoms with van der Waals surface area (Å²) in [4.78, 5) is 27.8. The highest BCUT2D eigenvalue weighted by Crippen LogP contribution is 2.33. The van der Waals surface area contributed by atoms with Gasteiger partial charge in [-0.15, -0.1) is 0 Å². The number of nitrogens with one attached hydrogen (secondary N) is 1. The molecule has 2 aliphatic rings. The summed E-state index contributed by atoms with van der Waals surface area (Å²) >= 11 is 0. The highest BCUT2D eigenvalue weighted by Gasteiger charge is 2.41. The van der Waals surface area contributed by atoms with Crippen LogP contribution in [-0.4, -0.2) is 38.0 Å². The number of aryl methyl sites for hydroxylation is 1. The molecular weight excluding hydrogens is 388 g/mol. The maximum Gasteiger partial charge on any atom is 0.268 e. The molecule has 1 heterocycles. The van der Waals surface area contributed by atoms with Crippen LogP contribution in [-0.2, 0) is 10.0 Å². The molecule has 6 nitrogen and oxygen atoms in total. The number of anilines is 1. The summed E-state index contributed by atoms with van der Waals surface area (Å²) < 4.78 is 29.1. The lowest BCUT2D eigenvalue weighted by Crippen LogP contribution is -2.40. The molecule has 2 aromatic rings. The van der Waals surface area contributed by atoms with Gasteiger partial charge in [-0.2, -0.15) is 0 Å². The number of sulfonamides is 1. The summed E-state index contributed by atoms with van der Waals surface area (Å²) in [6, 6.07) is 13.3. The first-order valence-corrected chi connectivity index (χ1v) is 11.1. The van der Waals surface area contributed by atoms with Crippen molar-refractivity contribution in [2.75, 3.05) is 17.8 Å². The van der Waals surface area contributed by atoms with E-state index in [9.17, 15) is 18.0 Å². The maximum atomic E-state index is 13.3. The van der Waals surface area contributed by atoms with E-state index in [1.807, 2.05) is 13.0 Å². The van der Waals surface area contributed by atoms with Gasteiger partial charge in [0.2, 0.25) is 11.6 Å². The predicted octanol–water partition coefficient (Wildman–Crippen LogP) is 3.51. The van der Waals surface area contributed by atoms with Crippen molar-refractivity contribution in [3.8, 4) is 0 Å². The third kappa shape index (κ3) is 3.58. The SMILES string of the molecule is Cc1cccc(NS(=O)(=O)C2=C(N3CCCCC3)C(=O)c3ccccc3C2=O)c1. The Labute approximate surface area is 170 Å². The van der Waals surface area contributed by atoms with E-state index in [1.54, 1.807) is 41.3 Å². The van der Waals surface area contributed by atoms with E-state index in [4.69, 9.17) is 0 Å². The Morgan fingerprint density at radius 2 is 1.52 bits per heavy atom. The molecule has 1 fully saturated rings. The second-order valence-electron chi connectivity index (χ2n) is 7.40. The molecule has 1 N–H and O–H groups in total. The molecule has 0 aromatic heterocycles. The zero-order chi connectivity index (χ0) is 20.6. The number of benzene rings is 2. The molecule has 0 atom stereocenters. The number of Topliss-reactive ketones (excluding diaryl/α,β-unsaturated/α-hetero) is 2. The lowest BCUT2D eigenvalue weighted by molar-refractivity contribution is 0.0939. The number of carbonyl (C=O) groups is 2. The molecule has 1 saturated heterocycles. The lowest BCUT2D eigenvalue weighted by Gasteiger charge is -2.33. The van der Waals surface area contributed by atoms with Crippen molar-refractivity contribution in [2.45, 2.75) is 26.2 Å². The van der Waals surface area contributed by atoms with Crippen LogP contribution in [0.2, 0.25) is 0 Å². The average Bonchev–Trinajstić information content (AvgIpc) is 2.70. The lowest BCUT2D eigenvalue weighted by atomic mass is 9.91. The van der Waals surface area contributed by atoms with Gasteiger partial charge in [0, 0.05) is 29.9 Å². The summed E-state index contributed by atoms with van der Waals surface area (Å²) in [5.74, 6) is -1.05. The van der Waals surface area contributed by atoms with Crippen molar-refractivity contribution < 1.29 is 18.0 Å². The number of hydrogen-bond donors (Lipinski definition) is 1. The van der Waals surface area contributed by atoms with E-state index >= 15 is 0 Å². The molecule has 0 bridgehead atoms. The van der Waals surface area contributed by atoms with E-state index in [2.05, 4.69) is 4.72 Å². The standard InChI is InChI=1S/C22H22N2O4S/c1-15-8-7-9-16(14-15)23-29(27,28)22-19(24-12-5-2-6-13-24)20(25)17-10-3-4-11-18(17)21(22)26/h3-4,7-11,14,23H,2,5-6,12-13H2,1H3. The van der Waals surface area contributed by atoms with Crippen molar-refractivity contribution in [3.63, 3.8) is 0 Å². The van der Waals surface area contributed by atoms with Crippen molar-refractivity contribution in [3.05, 3.63) is 75.8 Å². The van der Waals surface area contributed by atoms with Gasteiger partial charge in [0.1, 0.15) is 5.70 Å². The van der Waals surface area contributed by atoms with E-state index in [-0.39, 0.29) is 16.8 Å². The monoisotopic (exact) mass is 410 g/mol. The smallest absolute Gasteiger partial charge is 0.268 e. The van der Waals surface area contributed by atoms with Crippen LogP contribution in [0, 0.1) is 6.92 Å². The summed E-state index contributed by atoms with van der Waals surface area (Å²) in [5.41, 5.74) is 1.62. The second kappa shape index (κ2) is 7.48. The molecule has 29 heavy (non-hydrogen) atoms. The molecule has 0 amide bonds. The Balaban J connectivity index is 1.87. The number of carbonyl (C=O) groups excluding carboxylic acids is 2. The fourth-order valence-electron chi connectivity index (χ4n) is 3.91. The van der Waals surface area contributed by atoms with Gasteiger partial charge in [0.05, 0.1) is 0 Å². The highest BCUT2D eigenvalue weighted by atomic mass is 32.2. The second-order valence-corrected chi connectivity index (χ2v) is 9.02. The van der Waals surface area contributed by atoms with Crippen LogP contribution >= 0.6 is 0 Å². The Kier molecular flexibility index (Phi) is 5.00. The predicted molar refractivity (Wildman–Crippen MR) is 111 cm³/mol. The summed E-state index contributed by atoms with van der Waals surface area (Å²) in [7, 11) is -4.26. The summed E-state index contributed by atoms with van der Waals surface area (Å²) in [6.07, 6.45) is 2.72. The minimum absolute atomic E-state index is 0.00597. The van der Waals surface area contributed by atoms with Gasteiger partial charge in [-0.3, -0.25) is 14.3 Å². The number of piperidine rings is 1. The topological polar surface area (TPSA) is 83.6 Å². The molecule has 0 spiro atoms. The molecular formula is C22H22N2O4S. The number of hydrogen-bond acceptors (Lipinski definition) is 5. The van der Waals surface area contributed by atoms with Crippen molar-refractivity contribution in [2.24, 2.45) is 0 Å². The largest absolute Gasteiger partial charge is 0.367 e. The molecule has 7 heteroatoms. The minimum Gasteiger partial charge on any atom is -0.367 e. The maximum absolute atomic E-state index is 13.3. The Bertz CT molecular complexity index is 1130. The first-order chi connectivity index (χ1) is 13.9. The molecule has 4 rings (SSSR count). The summed E-state index contributed by atoms with van der Waals surface area (Å²) in [5, 5.41) is 0.